The lowest BCUT2D eigenvalue weighted by Crippen LogP contribution is -2.21. The van der Waals surface area contributed by atoms with Gasteiger partial charge in [-0.05, 0) is 24.6 Å². The van der Waals surface area contributed by atoms with E-state index in [4.69, 9.17) is 13.0 Å². The average Bonchev–Trinajstić information content (AvgIpc) is 3.02. The summed E-state index contributed by atoms with van der Waals surface area (Å²) in [6.07, 6.45) is 1.52. The van der Waals surface area contributed by atoms with Gasteiger partial charge in [-0.1, -0.05) is 43.7 Å². The SMILES string of the molecule is CCCc1cccc2cc(-c3ccccc3)[s+](C(F)(F)F)c12.O=S(=O)([O-])C(F)(F)F. The molecule has 0 saturated heterocycles. The third-order valence-electron chi connectivity index (χ3n) is 3.93. The Balaban J connectivity index is 0.000000343. The molecule has 2 aromatic carbocycles. The summed E-state index contributed by atoms with van der Waals surface area (Å²) in [5.74, 6) is 0. The lowest BCUT2D eigenvalue weighted by atomic mass is 10.1. The molecule has 30 heavy (non-hydrogen) atoms. The number of thiophene rings is 1. The van der Waals surface area contributed by atoms with E-state index in [-0.39, 0.29) is 0 Å². The van der Waals surface area contributed by atoms with Crippen molar-refractivity contribution >= 4 is 30.7 Å². The number of alkyl halides is 6. The zero-order valence-electron chi connectivity index (χ0n) is 15.4. The van der Waals surface area contributed by atoms with Gasteiger partial charge in [0.15, 0.2) is 19.7 Å². The minimum Gasteiger partial charge on any atom is -0.741 e. The number of fused-ring (bicyclic) bond motifs is 1. The molecule has 3 rings (SSSR count). The number of benzene rings is 2. The Hall–Kier alpha value is -2.11. The molecule has 1 atom stereocenters. The van der Waals surface area contributed by atoms with Crippen LogP contribution in [0.2, 0.25) is 0 Å². The third-order valence-corrected chi connectivity index (χ3v) is 6.66. The smallest absolute Gasteiger partial charge is 0.601 e. The van der Waals surface area contributed by atoms with Gasteiger partial charge in [0.2, 0.25) is 0 Å². The molecule has 11 heteroatoms. The van der Waals surface area contributed by atoms with E-state index in [0.717, 1.165) is 12.0 Å². The second kappa shape index (κ2) is 8.94. The van der Waals surface area contributed by atoms with Gasteiger partial charge in [0.05, 0.1) is 0 Å². The number of hydrogen-bond donors (Lipinski definition) is 0. The van der Waals surface area contributed by atoms with Crippen LogP contribution in [0.25, 0.3) is 20.5 Å². The van der Waals surface area contributed by atoms with E-state index in [9.17, 15) is 26.3 Å². The lowest BCUT2D eigenvalue weighted by molar-refractivity contribution is -0.0864. The number of hydrogen-bond acceptors (Lipinski definition) is 3. The van der Waals surface area contributed by atoms with Crippen LogP contribution in [0, 0.1) is 0 Å². The van der Waals surface area contributed by atoms with Crippen molar-refractivity contribution in [1.82, 2.24) is 0 Å². The monoisotopic (exact) mass is 470 g/mol. The molecule has 0 aliphatic carbocycles. The lowest BCUT2D eigenvalue weighted by Gasteiger charge is -2.08. The maximum atomic E-state index is 13.8. The van der Waals surface area contributed by atoms with E-state index in [1.54, 1.807) is 36.4 Å². The highest BCUT2D eigenvalue weighted by atomic mass is 32.2. The normalized spacial score (nSPS) is 13.1. The Morgan fingerprint density at radius 3 is 1.97 bits per heavy atom. The molecule has 0 aliphatic rings. The van der Waals surface area contributed by atoms with E-state index in [1.807, 2.05) is 25.1 Å². The van der Waals surface area contributed by atoms with Gasteiger partial charge in [-0.15, -0.1) is 13.2 Å². The minimum atomic E-state index is -6.09. The van der Waals surface area contributed by atoms with Gasteiger partial charge >= 0.3 is 11.0 Å². The van der Waals surface area contributed by atoms with E-state index in [1.165, 1.54) is 0 Å². The van der Waals surface area contributed by atoms with Crippen molar-refractivity contribution in [3.63, 3.8) is 0 Å². The summed E-state index contributed by atoms with van der Waals surface area (Å²) < 4.78 is 101. The van der Waals surface area contributed by atoms with Gasteiger partial charge in [0.25, 0.3) is 0 Å². The van der Waals surface area contributed by atoms with Crippen LogP contribution >= 0.6 is 10.5 Å². The highest BCUT2D eigenvalue weighted by molar-refractivity contribution is 7.86. The topological polar surface area (TPSA) is 57.2 Å². The van der Waals surface area contributed by atoms with Crippen LogP contribution in [-0.2, 0) is 22.0 Å². The van der Waals surface area contributed by atoms with E-state index in [0.29, 0.717) is 26.9 Å². The Morgan fingerprint density at radius 1 is 0.933 bits per heavy atom. The summed E-state index contributed by atoms with van der Waals surface area (Å²) in [6.45, 7) is 1.99. The minimum absolute atomic E-state index is 0.381. The van der Waals surface area contributed by atoms with Crippen LogP contribution < -0.4 is 0 Å². The summed E-state index contributed by atoms with van der Waals surface area (Å²) in [4.78, 5) is 0.381. The van der Waals surface area contributed by atoms with Crippen molar-refractivity contribution in [2.75, 3.05) is 0 Å². The van der Waals surface area contributed by atoms with Crippen LogP contribution in [0.3, 0.4) is 0 Å². The molecule has 0 amide bonds. The summed E-state index contributed by atoms with van der Waals surface area (Å²) in [6, 6.07) is 16.1. The second-order valence-electron chi connectivity index (χ2n) is 6.11. The number of rotatable bonds is 3. The highest BCUT2D eigenvalue weighted by Crippen LogP contribution is 2.55. The van der Waals surface area contributed by atoms with Crippen LogP contribution in [-0.4, -0.2) is 18.5 Å². The van der Waals surface area contributed by atoms with Crippen molar-refractivity contribution in [3.05, 3.63) is 60.2 Å². The van der Waals surface area contributed by atoms with Crippen molar-refractivity contribution in [3.8, 4) is 10.4 Å². The fraction of sp³-hybridized carbons (Fsp3) is 0.263. The molecule has 0 fully saturated rings. The first kappa shape index (κ1) is 24.2. The number of aryl methyl sites for hydroxylation is 1. The molecule has 0 radical (unpaired) electrons. The first-order chi connectivity index (χ1) is 13.8. The van der Waals surface area contributed by atoms with Gasteiger partial charge in [-0.25, -0.2) is 8.42 Å². The molecule has 0 bridgehead atoms. The molecule has 3 aromatic rings. The molecule has 0 spiro atoms. The fourth-order valence-electron chi connectivity index (χ4n) is 2.79. The summed E-state index contributed by atoms with van der Waals surface area (Å²) in [5, 5.41) is 0.713. The van der Waals surface area contributed by atoms with Gasteiger partial charge in [0.1, 0.15) is 10.5 Å². The fourth-order valence-corrected chi connectivity index (χ4v) is 4.90. The van der Waals surface area contributed by atoms with Crippen LogP contribution in [0.1, 0.15) is 18.9 Å². The molecule has 1 heterocycles. The second-order valence-corrected chi connectivity index (χ2v) is 9.41. The van der Waals surface area contributed by atoms with Gasteiger partial charge in [0, 0.05) is 22.6 Å². The molecular weight excluding hydrogens is 454 g/mol. The van der Waals surface area contributed by atoms with E-state index >= 15 is 0 Å². The van der Waals surface area contributed by atoms with Crippen molar-refractivity contribution in [2.24, 2.45) is 0 Å². The zero-order valence-corrected chi connectivity index (χ0v) is 17.1. The molecule has 0 saturated carbocycles. The Morgan fingerprint density at radius 2 is 1.50 bits per heavy atom. The third kappa shape index (κ3) is 5.52. The van der Waals surface area contributed by atoms with Crippen molar-refractivity contribution < 1.29 is 39.3 Å². The summed E-state index contributed by atoms with van der Waals surface area (Å²) in [7, 11) is -7.95. The van der Waals surface area contributed by atoms with Crippen LogP contribution in [0.5, 0.6) is 0 Å². The van der Waals surface area contributed by atoms with Gasteiger partial charge in [-0.2, -0.15) is 13.2 Å². The Labute approximate surface area is 171 Å². The zero-order chi connectivity index (χ0) is 22.7. The average molecular weight is 470 g/mol. The molecule has 164 valence electrons. The summed E-state index contributed by atoms with van der Waals surface area (Å²) in [5.41, 5.74) is -8.42. The maximum absolute atomic E-state index is 13.8. The molecular formula is C19H16F6O3S2. The van der Waals surface area contributed by atoms with Crippen molar-refractivity contribution in [2.45, 2.75) is 30.8 Å². The van der Waals surface area contributed by atoms with Crippen LogP contribution in [0.4, 0.5) is 26.3 Å². The molecule has 1 unspecified atom stereocenters. The Kier molecular flexibility index (Phi) is 7.20. The molecule has 1 aromatic heterocycles. The van der Waals surface area contributed by atoms with E-state index in [2.05, 4.69) is 0 Å². The van der Waals surface area contributed by atoms with Crippen molar-refractivity contribution in [1.29, 1.82) is 0 Å². The van der Waals surface area contributed by atoms with Gasteiger partial charge < -0.3 is 4.55 Å². The predicted molar refractivity (Wildman–Crippen MR) is 103 cm³/mol. The molecule has 0 aliphatic heterocycles. The van der Waals surface area contributed by atoms with Gasteiger partial charge in [-0.3, -0.25) is 0 Å². The molecule has 3 nitrogen and oxygen atoms in total. The van der Waals surface area contributed by atoms with Crippen LogP contribution in [0.15, 0.2) is 54.6 Å². The maximum Gasteiger partial charge on any atom is 0.601 e. The van der Waals surface area contributed by atoms with E-state index < -0.39 is 31.6 Å². The first-order valence-corrected chi connectivity index (χ1v) is 11.1. The number of halogens is 6. The highest BCUT2D eigenvalue weighted by Gasteiger charge is 2.49. The Bertz CT molecular complexity index is 1100. The molecule has 0 N–H and O–H groups in total. The largest absolute Gasteiger partial charge is 0.741 e. The predicted octanol–water partition coefficient (Wildman–Crippen LogP) is 6.74. The first-order valence-electron chi connectivity index (χ1n) is 8.49. The quantitative estimate of drug-likeness (QED) is 0.184. The standard InChI is InChI=1S/C18H16F3S.CHF3O3S/c1-2-7-14-10-6-11-15-12-16(13-8-4-3-5-9-13)22(17(14)15)18(19,20)21;2-1(3,4)8(5,6)7/h3-6,8-12H,2,7H2,1H3;(H,5,6,7)/q+1;/p-1. The summed E-state index contributed by atoms with van der Waals surface area (Å²) >= 11 is 0.